The normalized spacial score (nSPS) is 28.1. The molecule has 1 spiro atoms. The third-order valence-corrected chi connectivity index (χ3v) is 18.7. The molecule has 5 aliphatic heterocycles. The number of hydrogen-bond acceptors (Lipinski definition) is 16. The Morgan fingerprint density at radius 3 is 2.31 bits per heavy atom. The van der Waals surface area contributed by atoms with Crippen molar-refractivity contribution in [3.8, 4) is 34.0 Å². The molecule has 2 unspecified atom stereocenters. The van der Waals surface area contributed by atoms with Crippen molar-refractivity contribution in [2.24, 2.45) is 16.3 Å². The molecule has 14 rings (SSSR count). The van der Waals surface area contributed by atoms with E-state index in [1.165, 1.54) is 24.5 Å². The first kappa shape index (κ1) is 50.7. The number of phenols is 1. The second-order valence-corrected chi connectivity index (χ2v) is 24.1. The number of nitrogens with one attached hydrogen (secondary N) is 2. The maximum absolute atomic E-state index is 14.5. The molecule has 0 radical (unpaired) electrons. The molecule has 2 bridgehead atoms. The number of rotatable bonds is 13. The number of aliphatic hydroxyl groups excluding tert-OH is 1. The van der Waals surface area contributed by atoms with Gasteiger partial charge in [0.1, 0.15) is 29.4 Å². The monoisotopic (exact) mass is 1080 g/mol. The van der Waals surface area contributed by atoms with Gasteiger partial charge in [0.05, 0.1) is 23.5 Å². The minimum absolute atomic E-state index is 0.0462. The van der Waals surface area contributed by atoms with E-state index >= 15 is 0 Å². The smallest absolute Gasteiger partial charge is 0.254 e. The molecule has 4 saturated heterocycles. The van der Waals surface area contributed by atoms with Crippen molar-refractivity contribution in [3.05, 3.63) is 126 Å². The van der Waals surface area contributed by atoms with Crippen molar-refractivity contribution in [2.75, 3.05) is 42.5 Å². The molecule has 414 valence electrons. The highest BCUT2D eigenvalue weighted by Gasteiger charge is 2.56. The van der Waals surface area contributed by atoms with Gasteiger partial charge >= 0.3 is 0 Å². The van der Waals surface area contributed by atoms with Crippen LogP contribution in [0.2, 0.25) is 0 Å². The first-order chi connectivity index (χ1) is 38.8. The zero-order valence-corrected chi connectivity index (χ0v) is 45.3. The van der Waals surface area contributed by atoms with E-state index in [1.807, 2.05) is 75.5 Å². The van der Waals surface area contributed by atoms with Gasteiger partial charge in [0.25, 0.3) is 5.88 Å². The molecular formula is C61H67FN12O6. The van der Waals surface area contributed by atoms with E-state index in [0.717, 1.165) is 98.5 Å². The molecule has 4 aromatic heterocycles. The number of halogens is 1. The largest absolute Gasteiger partial charge is 0.507 e. The number of likely N-dealkylation sites (tertiary alicyclic amines) is 2. The van der Waals surface area contributed by atoms with Crippen LogP contribution < -0.4 is 20.0 Å². The number of piperazine rings is 1. The molecule has 3 aromatic carbocycles. The second-order valence-electron chi connectivity index (χ2n) is 24.1. The molecule has 9 heterocycles. The lowest BCUT2D eigenvalue weighted by molar-refractivity contribution is -0.134. The Hall–Kier alpha value is -7.48. The van der Waals surface area contributed by atoms with Gasteiger partial charge in [0.2, 0.25) is 17.6 Å². The molecular weight excluding hydrogens is 1020 g/mol. The highest BCUT2D eigenvalue weighted by atomic mass is 19.1. The number of carbonyl (C=O) groups excluding carboxylic acids is 1. The number of hydrogen-bond donors (Lipinski definition) is 4. The predicted molar refractivity (Wildman–Crippen MR) is 298 cm³/mol. The number of aliphatic imine (C=N–C) groups is 1. The minimum Gasteiger partial charge on any atom is -0.507 e. The maximum Gasteiger partial charge on any atom is 0.254 e. The highest BCUT2D eigenvalue weighted by Crippen LogP contribution is 2.58. The van der Waals surface area contributed by atoms with Gasteiger partial charge < -0.3 is 44.1 Å². The number of H-pyrrole nitrogens is 1. The number of amidine groups is 1. The summed E-state index contributed by atoms with van der Waals surface area (Å²) < 4.78 is 26.8. The first-order valence-electron chi connectivity index (χ1n) is 28.6. The predicted octanol–water partition coefficient (Wildman–Crippen LogP) is 8.85. The molecule has 1 amide bonds. The van der Waals surface area contributed by atoms with E-state index < -0.39 is 23.8 Å². The minimum atomic E-state index is -1.11. The van der Waals surface area contributed by atoms with E-state index in [-0.39, 0.29) is 36.0 Å². The number of amides is 1. The van der Waals surface area contributed by atoms with Crippen molar-refractivity contribution < 1.29 is 33.5 Å². The number of piperidine rings is 1. The van der Waals surface area contributed by atoms with E-state index in [1.54, 1.807) is 35.2 Å². The van der Waals surface area contributed by atoms with Crippen LogP contribution in [0.1, 0.15) is 107 Å². The number of fused-ring (bicyclic) bond motifs is 3. The van der Waals surface area contributed by atoms with Crippen LogP contribution >= 0.6 is 0 Å². The molecule has 4 N–H and O–H groups in total. The SMILES string of the molecule is CC(C)[C@@H](C(=O)N1C[C@H](O)C[C@H]1C1=N[C@](C)(c2ccc(-c3ccccc3F)cc2)ON1)c1cc(OC2CC3(C2)CC(N2CCC(c4cnc(N5C6CCC5CN(c5c[nH]c7nnc(-c8ccccc8O)cc57)C6)nc4)CC2)C3)no1. The fourth-order valence-electron chi connectivity index (χ4n) is 14.4. The molecule has 6 atom stereocenters. The number of anilines is 2. The van der Waals surface area contributed by atoms with Crippen molar-refractivity contribution in [3.63, 3.8) is 0 Å². The van der Waals surface area contributed by atoms with E-state index in [2.05, 4.69) is 52.9 Å². The Bertz CT molecular complexity index is 3450. The third kappa shape index (κ3) is 9.10. The van der Waals surface area contributed by atoms with Gasteiger partial charge in [-0.1, -0.05) is 68.4 Å². The van der Waals surface area contributed by atoms with Crippen LogP contribution in [0.15, 0.2) is 113 Å². The van der Waals surface area contributed by atoms with Crippen LogP contribution in [0.3, 0.4) is 0 Å². The number of β-amino-alcohol motifs (C(OH)–C–C–N with tert-alkyl or cyclic N) is 1. The lowest BCUT2D eigenvalue weighted by Gasteiger charge is -2.60. The summed E-state index contributed by atoms with van der Waals surface area (Å²) in [6.45, 7) is 9.82. The maximum atomic E-state index is 14.5. The van der Waals surface area contributed by atoms with Gasteiger partial charge in [0, 0.05) is 90.9 Å². The van der Waals surface area contributed by atoms with E-state index in [0.29, 0.717) is 70.2 Å². The summed E-state index contributed by atoms with van der Waals surface area (Å²) in [5.74, 6) is 1.48. The van der Waals surface area contributed by atoms with Crippen LogP contribution in [-0.4, -0.2) is 131 Å². The van der Waals surface area contributed by atoms with Gasteiger partial charge in [-0.15, -0.1) is 10.2 Å². The van der Waals surface area contributed by atoms with Crippen LogP contribution in [0.4, 0.5) is 16.0 Å². The average molecular weight is 1080 g/mol. The number of ether oxygens (including phenoxy) is 1. The highest BCUT2D eigenvalue weighted by molar-refractivity contribution is 5.95. The van der Waals surface area contributed by atoms with Crippen molar-refractivity contribution in [1.29, 1.82) is 0 Å². The molecule has 2 aliphatic carbocycles. The van der Waals surface area contributed by atoms with Crippen LogP contribution in [0, 0.1) is 17.2 Å². The molecule has 7 aromatic rings. The summed E-state index contributed by atoms with van der Waals surface area (Å²) in [4.78, 5) is 48.1. The van der Waals surface area contributed by atoms with Crippen molar-refractivity contribution >= 4 is 34.4 Å². The number of benzene rings is 3. The Kier molecular flexibility index (Phi) is 12.6. The molecule has 6 fully saturated rings. The van der Waals surface area contributed by atoms with Crippen LogP contribution in [0.25, 0.3) is 33.4 Å². The van der Waals surface area contributed by atoms with Crippen molar-refractivity contribution in [1.82, 2.24) is 45.6 Å². The zero-order valence-electron chi connectivity index (χ0n) is 45.3. The Morgan fingerprint density at radius 2 is 1.59 bits per heavy atom. The number of carbonyl (C=O) groups is 1. The Labute approximate surface area is 463 Å². The molecule has 18 nitrogen and oxygen atoms in total. The lowest BCUT2D eigenvalue weighted by atomic mass is 9.52. The standard InChI is InChI=1S/C61H67FN12O6/c1-35(2)55(58(77)73-34-43(75)22-50(73)57-66-60(3,80-70-57)39-14-12-37(13-15-39)45-8-4-6-10-48(45)62)53-24-54(69-79-53)78-44-27-61(28-44)25-42(26-61)71-20-18-36(19-21-71)38-29-64-59(65-30-38)74-40-16-17-41(74)33-72(32-40)51-31-63-56-47(51)23-49(67-68-56)46-9-5-7-11-52(46)76/h4-15,23-24,29-31,35-36,40-44,50,55,75-76H,16-22,25-28,32-34H2,1-3H3,(H,63,68)(H,66,70)/t40?,41?,42?,43-,44?,50+,55-,60+,61?/m1/s1. The van der Waals surface area contributed by atoms with Crippen molar-refractivity contribution in [2.45, 2.75) is 132 Å². The molecule has 7 aliphatic rings. The van der Waals surface area contributed by atoms with E-state index in [9.17, 15) is 19.4 Å². The summed E-state index contributed by atoms with van der Waals surface area (Å²) >= 11 is 0. The molecule has 2 saturated carbocycles. The van der Waals surface area contributed by atoms with Crippen LogP contribution in [-0.2, 0) is 15.4 Å². The summed E-state index contributed by atoms with van der Waals surface area (Å²) in [5, 5.41) is 35.6. The summed E-state index contributed by atoms with van der Waals surface area (Å²) in [5.41, 5.74) is 8.57. The topological polar surface area (TPSA) is 207 Å². The number of aliphatic hydroxyl groups is 1. The number of phenolic OH excluding ortho intramolecular Hbond substituents is 1. The quantitative estimate of drug-likeness (QED) is 0.0851. The number of aromatic amines is 1. The lowest BCUT2D eigenvalue weighted by Crippen LogP contribution is -2.59. The average Bonchev–Trinajstić information content (AvgIpc) is 4.40. The summed E-state index contributed by atoms with van der Waals surface area (Å²) in [7, 11) is 0. The fraction of sp³-hybridized carbons (Fsp3) is 0.459. The van der Waals surface area contributed by atoms with E-state index in [4.69, 9.17) is 29.1 Å². The number of hydroxylamine groups is 1. The number of para-hydroxylation sites is 1. The number of nitrogens with zero attached hydrogens (tertiary/aromatic N) is 10. The van der Waals surface area contributed by atoms with Crippen LogP contribution in [0.5, 0.6) is 11.6 Å². The first-order valence-corrected chi connectivity index (χ1v) is 28.6. The van der Waals surface area contributed by atoms with Gasteiger partial charge in [-0.2, -0.15) is 0 Å². The Morgan fingerprint density at radius 1 is 0.863 bits per heavy atom. The summed E-state index contributed by atoms with van der Waals surface area (Å²) in [6.07, 6.45) is 14.5. The zero-order chi connectivity index (χ0) is 54.4. The Balaban J connectivity index is 0.546. The molecule has 80 heavy (non-hydrogen) atoms. The fourth-order valence-corrected chi connectivity index (χ4v) is 14.4. The van der Waals surface area contributed by atoms with Gasteiger partial charge in [0.15, 0.2) is 11.4 Å². The van der Waals surface area contributed by atoms with Gasteiger partial charge in [-0.25, -0.2) is 29.7 Å². The van der Waals surface area contributed by atoms with Gasteiger partial charge in [-0.05, 0) is 129 Å². The number of aromatic nitrogens is 6. The second kappa shape index (κ2) is 20.0. The molecule has 19 heteroatoms. The summed E-state index contributed by atoms with van der Waals surface area (Å²) in [6, 6.07) is 25.8. The number of aromatic hydroxyl groups is 1. The third-order valence-electron chi connectivity index (χ3n) is 18.7. The van der Waals surface area contributed by atoms with Gasteiger partial charge in [-0.3, -0.25) is 4.79 Å².